The number of benzene rings is 3. The molecule has 0 saturated carbocycles. The minimum Gasteiger partial charge on any atom is -0.263 e. The molecule has 0 unspecified atom stereocenters. The maximum Gasteiger partial charge on any atom is 0.472 e. The molecule has 0 bridgehead atoms. The first-order valence-corrected chi connectivity index (χ1v) is 9.94. The maximum absolute atomic E-state index is 13.7. The number of aromatic amines is 1. The summed E-state index contributed by atoms with van der Waals surface area (Å²) in [5, 5.41) is 3.15. The van der Waals surface area contributed by atoms with E-state index in [9.17, 15) is 18.0 Å². The summed E-state index contributed by atoms with van der Waals surface area (Å²) in [6, 6.07) is 24.6. The Hall–Kier alpha value is -4.07. The lowest BCUT2D eigenvalue weighted by molar-refractivity contribution is -0.580. The van der Waals surface area contributed by atoms with Crippen molar-refractivity contribution in [2.45, 2.75) is 13.1 Å². The van der Waals surface area contributed by atoms with Crippen molar-refractivity contribution >= 4 is 28.4 Å². The number of carbonyl (C=O) groups is 1. The van der Waals surface area contributed by atoms with Gasteiger partial charge in [0.1, 0.15) is 0 Å². The van der Waals surface area contributed by atoms with E-state index in [2.05, 4.69) is 5.10 Å². The van der Waals surface area contributed by atoms with Gasteiger partial charge in [-0.25, -0.2) is 0 Å². The number of carbonyl (C=O) groups excluding carboxylic acids is 1. The van der Waals surface area contributed by atoms with Crippen molar-refractivity contribution in [1.29, 1.82) is 0 Å². The molecule has 1 N–H and O–H groups in total. The molecule has 5 nitrogen and oxygen atoms in total. The largest absolute Gasteiger partial charge is 0.472 e. The van der Waals surface area contributed by atoms with Crippen molar-refractivity contribution in [3.63, 3.8) is 0 Å². The number of hydrogen-bond donors (Lipinski definition) is 1. The Labute approximate surface area is 180 Å². The number of fused-ring (bicyclic) bond motifs is 3. The van der Waals surface area contributed by atoms with Crippen molar-refractivity contribution < 1.29 is 22.5 Å². The zero-order valence-corrected chi connectivity index (χ0v) is 17.0. The van der Waals surface area contributed by atoms with E-state index < -0.39 is 12.1 Å². The van der Waals surface area contributed by atoms with Gasteiger partial charge in [-0.2, -0.15) is 18.3 Å². The van der Waals surface area contributed by atoms with Crippen LogP contribution in [-0.2, 0) is 4.79 Å². The van der Waals surface area contributed by atoms with Gasteiger partial charge in [-0.1, -0.05) is 60.7 Å². The molecule has 0 atom stereocenters. The van der Waals surface area contributed by atoms with Crippen LogP contribution in [0.5, 0.6) is 0 Å². The highest BCUT2D eigenvalue weighted by Gasteiger charge is 2.46. The number of para-hydroxylation sites is 3. The summed E-state index contributed by atoms with van der Waals surface area (Å²) in [5.74, 6) is -1.88. The molecule has 0 saturated heterocycles. The van der Waals surface area contributed by atoms with Crippen molar-refractivity contribution in [2.75, 3.05) is 4.90 Å². The number of aromatic nitrogens is 3. The second kappa shape index (κ2) is 7.26. The molecule has 0 aliphatic heterocycles. The predicted octanol–water partition coefficient (Wildman–Crippen LogP) is 5.21. The fraction of sp³-hybridized carbons (Fsp3) is 0.0833. The molecule has 0 aliphatic rings. The van der Waals surface area contributed by atoms with Crippen LogP contribution in [0.2, 0.25) is 0 Å². The summed E-state index contributed by atoms with van der Waals surface area (Å²) in [6.45, 7) is 1.72. The number of hydrogen-bond acceptors (Lipinski definition) is 1. The number of amides is 1. The zero-order chi connectivity index (χ0) is 22.5. The Morgan fingerprint density at radius 1 is 0.906 bits per heavy atom. The van der Waals surface area contributed by atoms with Gasteiger partial charge in [-0.05, 0) is 35.8 Å². The molecule has 0 aliphatic carbocycles. The lowest BCUT2D eigenvalue weighted by Gasteiger charge is -2.22. The summed E-state index contributed by atoms with van der Waals surface area (Å²) in [5.41, 5.74) is 3.65. The lowest BCUT2D eigenvalue weighted by Crippen LogP contribution is -2.40. The van der Waals surface area contributed by atoms with E-state index in [-0.39, 0.29) is 11.5 Å². The number of nitrogens with zero attached hydrogens (tertiary/aromatic N) is 3. The molecule has 160 valence electrons. The Morgan fingerprint density at radius 2 is 1.50 bits per heavy atom. The topological polar surface area (TPSA) is 44.6 Å². The van der Waals surface area contributed by atoms with Crippen LogP contribution in [0.1, 0.15) is 5.56 Å². The summed E-state index contributed by atoms with van der Waals surface area (Å²) < 4.78 is 44.5. The first-order valence-electron chi connectivity index (χ1n) is 9.94. The second-order valence-electron chi connectivity index (χ2n) is 7.39. The van der Waals surface area contributed by atoms with Crippen LogP contribution in [0.15, 0.2) is 84.9 Å². The molecule has 8 heteroatoms. The third-order valence-electron chi connectivity index (χ3n) is 5.38. The first kappa shape index (κ1) is 19.9. The van der Waals surface area contributed by atoms with Crippen molar-refractivity contribution in [2.24, 2.45) is 0 Å². The number of halogens is 3. The molecular weight excluding hydrogens is 417 g/mol. The standard InChI is InChI=1S/C24H18F3N4O/c1-16-21(17-10-4-2-5-11-17)30-20-15-9-8-14-19(20)28-31(30)22(16)29(23(32)24(25,26)27)18-12-6-3-7-13-18/h2-15,28H,1H3/q+1. The van der Waals surface area contributed by atoms with E-state index in [4.69, 9.17) is 0 Å². The molecule has 32 heavy (non-hydrogen) atoms. The number of anilines is 2. The molecular formula is C24H18F3N4O+. The highest BCUT2D eigenvalue weighted by molar-refractivity contribution is 6.04. The van der Waals surface area contributed by atoms with E-state index in [1.54, 1.807) is 29.6 Å². The Balaban J connectivity index is 1.91. The minimum absolute atomic E-state index is 0.0913. The Bertz CT molecular complexity index is 1440. The predicted molar refractivity (Wildman–Crippen MR) is 115 cm³/mol. The van der Waals surface area contributed by atoms with Crippen LogP contribution < -0.4 is 9.42 Å². The van der Waals surface area contributed by atoms with Crippen LogP contribution in [-0.4, -0.2) is 21.8 Å². The quantitative estimate of drug-likeness (QED) is 0.389. The average molecular weight is 435 g/mol. The molecule has 0 radical (unpaired) electrons. The molecule has 5 rings (SSSR count). The van der Waals surface area contributed by atoms with Crippen LogP contribution >= 0.6 is 0 Å². The highest BCUT2D eigenvalue weighted by Crippen LogP contribution is 2.36. The van der Waals surface area contributed by atoms with Crippen LogP contribution in [0, 0.1) is 6.92 Å². The van der Waals surface area contributed by atoms with E-state index >= 15 is 0 Å². The van der Waals surface area contributed by atoms with E-state index in [1.807, 2.05) is 54.6 Å². The summed E-state index contributed by atoms with van der Waals surface area (Å²) in [7, 11) is 0. The van der Waals surface area contributed by atoms with Crippen LogP contribution in [0.4, 0.5) is 24.7 Å². The van der Waals surface area contributed by atoms with Gasteiger partial charge >= 0.3 is 12.1 Å². The number of alkyl halides is 3. The normalized spacial score (nSPS) is 11.9. The lowest BCUT2D eigenvalue weighted by atomic mass is 10.1. The third-order valence-corrected chi connectivity index (χ3v) is 5.38. The number of H-pyrrole nitrogens is 1. The van der Waals surface area contributed by atoms with Crippen molar-refractivity contribution in [3.05, 3.63) is 90.5 Å². The van der Waals surface area contributed by atoms with Crippen LogP contribution in [0.3, 0.4) is 0 Å². The monoisotopic (exact) mass is 435 g/mol. The van der Waals surface area contributed by atoms with Gasteiger partial charge in [0.25, 0.3) is 0 Å². The van der Waals surface area contributed by atoms with E-state index in [0.717, 1.165) is 21.5 Å². The Morgan fingerprint density at radius 3 is 2.16 bits per heavy atom. The molecule has 1 amide bonds. The third kappa shape index (κ3) is 3.03. The molecule has 5 aromatic rings. The fourth-order valence-corrected chi connectivity index (χ4v) is 4.05. The average Bonchev–Trinajstić information content (AvgIpc) is 3.29. The smallest absolute Gasteiger partial charge is 0.263 e. The minimum atomic E-state index is -5.06. The Kier molecular flexibility index (Phi) is 4.51. The zero-order valence-electron chi connectivity index (χ0n) is 17.0. The van der Waals surface area contributed by atoms with Gasteiger partial charge in [0, 0.05) is 11.1 Å². The second-order valence-corrected chi connectivity index (χ2v) is 7.39. The van der Waals surface area contributed by atoms with Gasteiger partial charge in [0.05, 0.1) is 5.69 Å². The van der Waals surface area contributed by atoms with Crippen LogP contribution in [0.25, 0.3) is 22.3 Å². The number of nitrogens with one attached hydrogen (secondary N) is 1. The first-order chi connectivity index (χ1) is 15.4. The summed E-state index contributed by atoms with van der Waals surface area (Å²) >= 11 is 0. The molecule has 3 aromatic carbocycles. The van der Waals surface area contributed by atoms with E-state index in [1.165, 1.54) is 16.8 Å². The fourth-order valence-electron chi connectivity index (χ4n) is 4.05. The molecule has 2 aromatic heterocycles. The maximum atomic E-state index is 13.7. The molecule has 0 spiro atoms. The van der Waals surface area contributed by atoms with Gasteiger partial charge in [0.2, 0.25) is 11.3 Å². The molecule has 2 heterocycles. The van der Waals surface area contributed by atoms with E-state index in [0.29, 0.717) is 11.3 Å². The number of rotatable bonds is 3. The molecule has 0 fully saturated rings. The summed E-state index contributed by atoms with van der Waals surface area (Å²) in [6.07, 6.45) is -5.06. The van der Waals surface area contributed by atoms with Gasteiger partial charge in [0.15, 0.2) is 11.2 Å². The SMILES string of the molecule is Cc1c(N(C(=O)C(F)(F)F)c2ccccc2)n2[nH]c3ccccc3[n+]2c1-c1ccccc1. The van der Waals surface area contributed by atoms with Crippen molar-refractivity contribution in [3.8, 4) is 11.3 Å². The van der Waals surface area contributed by atoms with Crippen molar-refractivity contribution in [1.82, 2.24) is 9.73 Å². The summed E-state index contributed by atoms with van der Waals surface area (Å²) in [4.78, 5) is 13.4. The van der Waals surface area contributed by atoms with Gasteiger partial charge in [-0.15, -0.1) is 4.52 Å². The van der Waals surface area contributed by atoms with Gasteiger partial charge in [-0.3, -0.25) is 9.69 Å². The highest BCUT2D eigenvalue weighted by atomic mass is 19.4. The van der Waals surface area contributed by atoms with Gasteiger partial charge < -0.3 is 0 Å².